The molecule has 1 aromatic rings. The van der Waals surface area contributed by atoms with Crippen molar-refractivity contribution in [3.63, 3.8) is 0 Å². The van der Waals surface area contributed by atoms with Crippen molar-refractivity contribution >= 4 is 21.4 Å². The average Bonchev–Trinajstić information content (AvgIpc) is 2.75. The Balaban J connectivity index is 2.69. The number of nitrogens with zero attached hydrogens (tertiary/aromatic N) is 1. The van der Waals surface area contributed by atoms with Gasteiger partial charge in [0.1, 0.15) is 4.21 Å². The Morgan fingerprint density at radius 3 is 2.59 bits per heavy atom. The number of aliphatic hydroxyl groups excluding tert-OH is 1. The summed E-state index contributed by atoms with van der Waals surface area (Å²) in [6, 6.07) is 3.26. The molecule has 0 spiro atoms. The van der Waals surface area contributed by atoms with Crippen molar-refractivity contribution < 1.29 is 13.5 Å². The van der Waals surface area contributed by atoms with Gasteiger partial charge in [-0.15, -0.1) is 11.3 Å². The van der Waals surface area contributed by atoms with Crippen LogP contribution >= 0.6 is 11.3 Å². The van der Waals surface area contributed by atoms with Crippen LogP contribution in [0.1, 0.15) is 11.8 Å². The Labute approximate surface area is 106 Å². The standard InChI is InChI=1S/C10H18N2O3S2/c1-8(12(2)3)6-11-17(14,15)10-5-4-9(7-13)16-10/h4-5,8,11,13H,6-7H2,1-3H3. The van der Waals surface area contributed by atoms with Gasteiger partial charge in [0.2, 0.25) is 10.0 Å². The fourth-order valence-electron chi connectivity index (χ4n) is 1.07. The lowest BCUT2D eigenvalue weighted by molar-refractivity contribution is 0.285. The quantitative estimate of drug-likeness (QED) is 0.793. The highest BCUT2D eigenvalue weighted by atomic mass is 32.2. The van der Waals surface area contributed by atoms with Crippen LogP contribution in [-0.4, -0.2) is 45.1 Å². The summed E-state index contributed by atoms with van der Waals surface area (Å²) in [4.78, 5) is 2.59. The van der Waals surface area contributed by atoms with E-state index in [0.717, 1.165) is 11.3 Å². The second-order valence-corrected chi connectivity index (χ2v) is 7.21. The van der Waals surface area contributed by atoms with Crippen molar-refractivity contribution in [2.75, 3.05) is 20.6 Å². The van der Waals surface area contributed by atoms with Crippen LogP contribution in [0.4, 0.5) is 0 Å². The van der Waals surface area contributed by atoms with Gasteiger partial charge in [0.05, 0.1) is 6.61 Å². The van der Waals surface area contributed by atoms with Crippen LogP contribution < -0.4 is 4.72 Å². The molecule has 0 aliphatic rings. The van der Waals surface area contributed by atoms with Crippen LogP contribution in [0.25, 0.3) is 0 Å². The summed E-state index contributed by atoms with van der Waals surface area (Å²) in [7, 11) is 0.346. The summed E-state index contributed by atoms with van der Waals surface area (Å²) in [5.41, 5.74) is 0. The van der Waals surface area contributed by atoms with Gasteiger partial charge >= 0.3 is 0 Å². The fourth-order valence-corrected chi connectivity index (χ4v) is 3.45. The summed E-state index contributed by atoms with van der Waals surface area (Å²) < 4.78 is 26.6. The maximum absolute atomic E-state index is 11.9. The van der Waals surface area contributed by atoms with E-state index in [9.17, 15) is 8.42 Å². The van der Waals surface area contributed by atoms with Gasteiger partial charge in [-0.1, -0.05) is 0 Å². The zero-order chi connectivity index (χ0) is 13.1. The molecule has 0 amide bonds. The van der Waals surface area contributed by atoms with Gasteiger partial charge in [-0.25, -0.2) is 13.1 Å². The number of nitrogens with one attached hydrogen (secondary N) is 1. The van der Waals surface area contributed by atoms with E-state index in [1.54, 1.807) is 6.07 Å². The molecule has 0 aliphatic heterocycles. The minimum Gasteiger partial charge on any atom is -0.391 e. The third kappa shape index (κ3) is 4.04. The van der Waals surface area contributed by atoms with Crippen molar-refractivity contribution in [2.45, 2.75) is 23.8 Å². The van der Waals surface area contributed by atoms with Crippen molar-refractivity contribution in [3.05, 3.63) is 17.0 Å². The molecular weight excluding hydrogens is 260 g/mol. The SMILES string of the molecule is CC(CNS(=O)(=O)c1ccc(CO)s1)N(C)C. The Morgan fingerprint density at radius 2 is 2.12 bits per heavy atom. The molecule has 1 atom stereocenters. The van der Waals surface area contributed by atoms with E-state index in [0.29, 0.717) is 11.4 Å². The molecule has 0 radical (unpaired) electrons. The zero-order valence-electron chi connectivity index (χ0n) is 10.2. The normalized spacial score (nSPS) is 14.2. The van der Waals surface area contributed by atoms with E-state index in [1.807, 2.05) is 25.9 Å². The van der Waals surface area contributed by atoms with Gasteiger partial charge < -0.3 is 10.0 Å². The largest absolute Gasteiger partial charge is 0.391 e. The number of thiophene rings is 1. The third-order valence-electron chi connectivity index (χ3n) is 2.51. The lowest BCUT2D eigenvalue weighted by atomic mass is 10.3. The Kier molecular flexibility index (Phi) is 5.08. The predicted molar refractivity (Wildman–Crippen MR) is 68.6 cm³/mol. The van der Waals surface area contributed by atoms with E-state index in [-0.39, 0.29) is 16.9 Å². The predicted octanol–water partition coefficient (Wildman–Crippen LogP) is 0.469. The van der Waals surface area contributed by atoms with Gasteiger partial charge in [-0.2, -0.15) is 0 Å². The van der Waals surface area contributed by atoms with Gasteiger partial charge in [-0.05, 0) is 33.2 Å². The highest BCUT2D eigenvalue weighted by Crippen LogP contribution is 2.21. The number of hydrogen-bond acceptors (Lipinski definition) is 5. The first kappa shape index (κ1) is 14.6. The van der Waals surface area contributed by atoms with Crippen molar-refractivity contribution in [2.24, 2.45) is 0 Å². The molecule has 98 valence electrons. The maximum atomic E-state index is 11.9. The van der Waals surface area contributed by atoms with Gasteiger partial charge in [-0.3, -0.25) is 0 Å². The number of aliphatic hydroxyl groups is 1. The molecule has 0 saturated carbocycles. The number of rotatable bonds is 6. The Hall–Kier alpha value is -0.470. The summed E-state index contributed by atoms with van der Waals surface area (Å²) in [5.74, 6) is 0. The van der Waals surface area contributed by atoms with Crippen molar-refractivity contribution in [3.8, 4) is 0 Å². The second kappa shape index (κ2) is 5.92. The van der Waals surface area contributed by atoms with E-state index < -0.39 is 10.0 Å². The van der Waals surface area contributed by atoms with E-state index in [4.69, 9.17) is 5.11 Å². The van der Waals surface area contributed by atoms with Crippen LogP contribution in [0.3, 0.4) is 0 Å². The average molecular weight is 278 g/mol. The maximum Gasteiger partial charge on any atom is 0.250 e. The highest BCUT2D eigenvalue weighted by molar-refractivity contribution is 7.91. The van der Waals surface area contributed by atoms with Crippen molar-refractivity contribution in [1.82, 2.24) is 9.62 Å². The summed E-state index contributed by atoms with van der Waals surface area (Å²) in [6.45, 7) is 2.17. The summed E-state index contributed by atoms with van der Waals surface area (Å²) in [6.07, 6.45) is 0. The van der Waals surface area contributed by atoms with Crippen LogP contribution in [0.5, 0.6) is 0 Å². The summed E-state index contributed by atoms with van der Waals surface area (Å²) in [5, 5.41) is 8.90. The topological polar surface area (TPSA) is 69.6 Å². The summed E-state index contributed by atoms with van der Waals surface area (Å²) >= 11 is 1.09. The van der Waals surface area contributed by atoms with Gasteiger partial charge in [0.15, 0.2) is 0 Å². The lowest BCUT2D eigenvalue weighted by Gasteiger charge is -2.19. The molecule has 1 rings (SSSR count). The molecule has 2 N–H and O–H groups in total. The Morgan fingerprint density at radius 1 is 1.47 bits per heavy atom. The van der Waals surface area contributed by atoms with E-state index in [1.165, 1.54) is 6.07 Å². The molecule has 0 bridgehead atoms. The fraction of sp³-hybridized carbons (Fsp3) is 0.600. The highest BCUT2D eigenvalue weighted by Gasteiger charge is 2.17. The first-order chi connectivity index (χ1) is 7.86. The molecule has 7 heteroatoms. The third-order valence-corrected chi connectivity index (χ3v) is 5.49. The number of sulfonamides is 1. The first-order valence-corrected chi connectivity index (χ1v) is 7.52. The molecule has 0 aromatic carbocycles. The number of hydrogen-bond donors (Lipinski definition) is 2. The molecule has 5 nitrogen and oxygen atoms in total. The van der Waals surface area contributed by atoms with Crippen molar-refractivity contribution in [1.29, 1.82) is 0 Å². The lowest BCUT2D eigenvalue weighted by Crippen LogP contribution is -2.37. The second-order valence-electron chi connectivity index (χ2n) is 4.04. The van der Waals surface area contributed by atoms with E-state index in [2.05, 4.69) is 4.72 Å². The van der Waals surface area contributed by atoms with E-state index >= 15 is 0 Å². The molecule has 1 heterocycles. The van der Waals surface area contributed by atoms with Gasteiger partial charge in [0, 0.05) is 17.5 Å². The zero-order valence-corrected chi connectivity index (χ0v) is 11.8. The molecule has 17 heavy (non-hydrogen) atoms. The first-order valence-electron chi connectivity index (χ1n) is 5.22. The molecule has 0 aliphatic carbocycles. The molecule has 1 unspecified atom stereocenters. The molecular formula is C10H18N2O3S2. The monoisotopic (exact) mass is 278 g/mol. The van der Waals surface area contributed by atoms with Crippen LogP contribution in [0.2, 0.25) is 0 Å². The molecule has 0 fully saturated rings. The van der Waals surface area contributed by atoms with Gasteiger partial charge in [0.25, 0.3) is 0 Å². The minimum atomic E-state index is -3.45. The Bertz CT molecular complexity index is 454. The minimum absolute atomic E-state index is 0.127. The van der Waals surface area contributed by atoms with Crippen LogP contribution in [0.15, 0.2) is 16.3 Å². The smallest absolute Gasteiger partial charge is 0.250 e. The number of likely N-dealkylation sites (N-methyl/N-ethyl adjacent to an activating group) is 1. The molecule has 1 aromatic heterocycles. The van der Waals surface area contributed by atoms with Crippen LogP contribution in [-0.2, 0) is 16.6 Å². The van der Waals surface area contributed by atoms with Crippen LogP contribution in [0, 0.1) is 0 Å². The molecule has 0 saturated heterocycles.